The second-order valence-corrected chi connectivity index (χ2v) is 0.136. The smallest absolute Gasteiger partial charge is 0.734 e. The van der Waals surface area contributed by atoms with Crippen molar-refractivity contribution in [1.29, 1.82) is 0 Å². The van der Waals surface area contributed by atoms with Gasteiger partial charge in [-0.15, -0.1) is 0 Å². The van der Waals surface area contributed by atoms with E-state index in [1.807, 2.05) is 0 Å². The summed E-state index contributed by atoms with van der Waals surface area (Å²) in [5, 5.41) is 35.0. The molecule has 0 atom stereocenters. The van der Waals surface area contributed by atoms with Gasteiger partial charge < -0.3 is 31.1 Å². The van der Waals surface area contributed by atoms with E-state index in [-0.39, 0.29) is 33.3 Å². The summed E-state index contributed by atoms with van der Waals surface area (Å²) in [4.78, 5) is 0. The summed E-state index contributed by atoms with van der Waals surface area (Å²) in [7, 11) is 0. The van der Waals surface area contributed by atoms with E-state index in [0.29, 0.717) is 0 Å². The van der Waals surface area contributed by atoms with Gasteiger partial charge in [0.05, 0.1) is 0 Å². The van der Waals surface area contributed by atoms with Crippen LogP contribution in [0.3, 0.4) is 0 Å². The molecule has 0 rings (SSSR count). The van der Waals surface area contributed by atoms with Gasteiger partial charge in [0.2, 0.25) is 0 Å². The molecule has 0 saturated carbocycles. The molecule has 0 aliphatic rings. The first-order valence-electron chi connectivity index (χ1n) is 0.667. The van der Waals surface area contributed by atoms with Crippen LogP contribution in [0.5, 0.6) is 0 Å². The molecule has 0 spiro atoms. The predicted molar refractivity (Wildman–Crippen MR) is 2.17 cm³/mol. The number of hydrogen-bond donors (Lipinski definition) is 0. The third-order valence-corrected chi connectivity index (χ3v) is 0. The molecule has 8 heteroatoms. The Kier molecular flexibility index (Phi) is 135. The van der Waals surface area contributed by atoms with Crippen LogP contribution in [0.25, 0.3) is 0 Å². The average Bonchev–Trinajstić information content (AvgIpc) is 1.39. The Balaban J connectivity index is -0.0000000160. The molecule has 0 heterocycles. The van der Waals surface area contributed by atoms with E-state index in [2.05, 4.69) is 0 Å². The minimum absolute atomic E-state index is 0. The quantitative estimate of drug-likeness (QED) is 0.227. The van der Waals surface area contributed by atoms with Gasteiger partial charge in [0, 0.05) is 0 Å². The fourth-order valence-corrected chi connectivity index (χ4v) is 0. The molecule has 0 aromatic carbocycles. The van der Waals surface area contributed by atoms with Gasteiger partial charge in [-0.1, -0.05) is 0 Å². The van der Waals surface area contributed by atoms with Gasteiger partial charge in [0.15, 0.2) is 0 Å². The van der Waals surface area contributed by atoms with E-state index >= 15 is 0 Å². The fraction of sp³-hybridized carbons (Fsp3) is 0. The molecular weight excluding hydrogens is 214 g/mol. The summed E-state index contributed by atoms with van der Waals surface area (Å²) in [6.45, 7) is 0. The Hall–Kier alpha value is 0.760. The van der Waals surface area contributed by atoms with Crippen LogP contribution in [0.15, 0.2) is 0 Å². The molecule has 0 saturated heterocycles. The van der Waals surface area contributed by atoms with Crippen LogP contribution in [0.1, 0.15) is 0 Å². The Bertz CT molecular complexity index is 10.5. The normalized spacial score (nSPS) is 4.50. The minimum Gasteiger partial charge on any atom is -0.734 e. The van der Waals surface area contributed by atoms with E-state index < -0.39 is 0 Å². The largest absolute Gasteiger partial charge is 2.00 e. The molecule has 55 valence electrons. The second-order valence-electron chi connectivity index (χ2n) is 0.136. The van der Waals surface area contributed by atoms with Gasteiger partial charge in [-0.2, -0.15) is 0 Å². The monoisotopic (exact) mass is 213 g/mol. The Morgan fingerprint density at radius 3 is 0.750 bits per heavy atom. The van der Waals surface area contributed by atoms with E-state index in [9.17, 15) is 0 Å². The maximum atomic E-state index is 7.88. The van der Waals surface area contributed by atoms with Crippen LogP contribution in [-0.2, 0) is 43.3 Å². The molecule has 0 amide bonds. The van der Waals surface area contributed by atoms with Crippen LogP contribution >= 0.6 is 0 Å². The topological polar surface area (TPSA) is 111 Å². The van der Waals surface area contributed by atoms with Crippen molar-refractivity contribution in [3.63, 3.8) is 0 Å². The van der Waals surface area contributed by atoms with Gasteiger partial charge in [-0.05, 0) is 0 Å². The summed E-state index contributed by atoms with van der Waals surface area (Å²) < 4.78 is 0. The molecule has 0 N–H and O–H groups in total. The Morgan fingerprint density at radius 1 is 0.750 bits per heavy atom. The number of hydrogen-bond acceptors (Lipinski definition) is 6. The third-order valence-electron chi connectivity index (χ3n) is 0. The standard InChI is InChI=1S/Co.Ni.2H2O3/c;;2*1-3-2/h;;2*1-2H/q2*+2;;/p-4. The molecule has 0 aliphatic heterocycles. The average molecular weight is 214 g/mol. The summed E-state index contributed by atoms with van der Waals surface area (Å²) in [6, 6.07) is 0. The molecule has 0 fully saturated rings. The van der Waals surface area contributed by atoms with Gasteiger partial charge in [-0.25, -0.2) is 0 Å². The molecule has 8 heavy (non-hydrogen) atoms. The first-order valence-corrected chi connectivity index (χ1v) is 0.667. The van der Waals surface area contributed by atoms with Crippen molar-refractivity contribution >= 4 is 0 Å². The van der Waals surface area contributed by atoms with Crippen molar-refractivity contribution in [3.05, 3.63) is 0 Å². The van der Waals surface area contributed by atoms with Gasteiger partial charge >= 0.3 is 33.3 Å². The second kappa shape index (κ2) is 46.6. The first-order chi connectivity index (χ1) is 2.83. The van der Waals surface area contributed by atoms with Gasteiger partial charge in [-0.3, -0.25) is 0 Å². The summed E-state index contributed by atoms with van der Waals surface area (Å²) in [5.41, 5.74) is 0. The Morgan fingerprint density at radius 2 is 0.750 bits per heavy atom. The fourth-order valence-electron chi connectivity index (χ4n) is 0. The van der Waals surface area contributed by atoms with E-state index in [4.69, 9.17) is 21.0 Å². The van der Waals surface area contributed by atoms with E-state index in [0.717, 1.165) is 0 Å². The molecule has 0 aromatic heterocycles. The van der Waals surface area contributed by atoms with Crippen molar-refractivity contribution in [1.82, 2.24) is 0 Å². The van der Waals surface area contributed by atoms with Crippen LogP contribution < -0.4 is 21.0 Å². The molecular formula is CoNiO6. The van der Waals surface area contributed by atoms with Crippen LogP contribution in [0, 0.1) is 0 Å². The zero-order valence-electron chi connectivity index (χ0n) is 3.10. The molecule has 0 unspecified atom stereocenters. The van der Waals surface area contributed by atoms with Crippen molar-refractivity contribution in [2.45, 2.75) is 0 Å². The van der Waals surface area contributed by atoms with Crippen LogP contribution in [-0.4, -0.2) is 0 Å². The summed E-state index contributed by atoms with van der Waals surface area (Å²) in [5.74, 6) is 0. The van der Waals surface area contributed by atoms with E-state index in [1.165, 1.54) is 0 Å². The van der Waals surface area contributed by atoms with Crippen molar-refractivity contribution in [3.8, 4) is 0 Å². The maximum absolute atomic E-state index is 7.88. The summed E-state index contributed by atoms with van der Waals surface area (Å²) >= 11 is 0. The van der Waals surface area contributed by atoms with Crippen LogP contribution in [0.2, 0.25) is 0 Å². The Labute approximate surface area is 64.9 Å². The van der Waals surface area contributed by atoms with Crippen molar-refractivity contribution < 1.29 is 64.4 Å². The molecule has 0 bridgehead atoms. The zero-order valence-corrected chi connectivity index (χ0v) is 5.13. The van der Waals surface area contributed by atoms with Crippen molar-refractivity contribution in [2.75, 3.05) is 0 Å². The van der Waals surface area contributed by atoms with Crippen molar-refractivity contribution in [2.24, 2.45) is 0 Å². The number of rotatable bonds is 0. The first kappa shape index (κ1) is 23.3. The zero-order chi connectivity index (χ0) is 5.41. The predicted octanol–water partition coefficient (Wildman–Crippen LogP) is -4.90. The minimum atomic E-state index is 0. The molecule has 0 aromatic rings. The third kappa shape index (κ3) is 388. The SMILES string of the molecule is [Co+2].[Ni+2].[O-]O[O-].[O-]O[O-]. The molecule has 6 nitrogen and oxygen atoms in total. The summed E-state index contributed by atoms with van der Waals surface area (Å²) in [6.07, 6.45) is 0. The van der Waals surface area contributed by atoms with E-state index in [1.54, 1.807) is 10.1 Å². The molecule has 0 aliphatic carbocycles. The maximum Gasteiger partial charge on any atom is 2.00 e. The van der Waals surface area contributed by atoms with Gasteiger partial charge in [0.1, 0.15) is 0 Å². The van der Waals surface area contributed by atoms with Gasteiger partial charge in [0.25, 0.3) is 0 Å². The van der Waals surface area contributed by atoms with Crippen LogP contribution in [0.4, 0.5) is 0 Å². The molecule has 1 radical (unpaired) electrons.